The standard InChI is InChI=1S/C15H17ClN2O3/c1-14(2)12(19)9(13(20)15(3,4)21-14)7-18-11-8-17-6-5-10(11)16/h5-8,19H,1-4H3. The van der Waals surface area contributed by atoms with Crippen molar-refractivity contribution in [2.24, 2.45) is 4.99 Å². The van der Waals surface area contributed by atoms with E-state index in [0.29, 0.717) is 10.7 Å². The van der Waals surface area contributed by atoms with Gasteiger partial charge in [0, 0.05) is 12.4 Å². The predicted molar refractivity (Wildman–Crippen MR) is 81.3 cm³/mol. The zero-order valence-corrected chi connectivity index (χ0v) is 13.1. The molecule has 6 heteroatoms. The highest BCUT2D eigenvalue weighted by Gasteiger charge is 2.46. The lowest BCUT2D eigenvalue weighted by molar-refractivity contribution is -0.161. The first-order chi connectivity index (χ1) is 9.65. The van der Waals surface area contributed by atoms with Crippen LogP contribution in [0.25, 0.3) is 0 Å². The lowest BCUT2D eigenvalue weighted by atomic mass is 9.87. The molecule has 1 aliphatic rings. The van der Waals surface area contributed by atoms with Gasteiger partial charge in [0.2, 0.25) is 0 Å². The van der Waals surface area contributed by atoms with Crippen molar-refractivity contribution >= 4 is 29.3 Å². The molecule has 21 heavy (non-hydrogen) atoms. The number of carbonyl (C=O) groups is 1. The van der Waals surface area contributed by atoms with Gasteiger partial charge in [-0.3, -0.25) is 14.8 Å². The van der Waals surface area contributed by atoms with Crippen molar-refractivity contribution in [3.8, 4) is 0 Å². The van der Waals surface area contributed by atoms with Crippen molar-refractivity contribution in [1.29, 1.82) is 0 Å². The van der Waals surface area contributed by atoms with Crippen LogP contribution in [0.3, 0.4) is 0 Å². The van der Waals surface area contributed by atoms with Gasteiger partial charge in [-0.05, 0) is 33.8 Å². The Bertz CT molecular complexity index is 648. The topological polar surface area (TPSA) is 71.8 Å². The minimum atomic E-state index is -1.03. The summed E-state index contributed by atoms with van der Waals surface area (Å²) in [6, 6.07) is 1.60. The van der Waals surface area contributed by atoms with Crippen LogP contribution in [0.1, 0.15) is 27.7 Å². The summed E-state index contributed by atoms with van der Waals surface area (Å²) in [5.41, 5.74) is -1.45. The summed E-state index contributed by atoms with van der Waals surface area (Å²) in [7, 11) is 0. The molecule has 0 aromatic carbocycles. The number of aliphatic imine (C=N–C) groups is 1. The summed E-state index contributed by atoms with van der Waals surface area (Å²) in [5.74, 6) is -0.473. The molecule has 0 unspecified atom stereocenters. The average Bonchev–Trinajstić information content (AvgIpc) is 2.38. The van der Waals surface area contributed by atoms with Crippen LogP contribution < -0.4 is 0 Å². The van der Waals surface area contributed by atoms with Crippen LogP contribution in [0.5, 0.6) is 0 Å². The van der Waals surface area contributed by atoms with Crippen LogP contribution in [-0.2, 0) is 9.53 Å². The Balaban J connectivity index is 2.46. The van der Waals surface area contributed by atoms with Crippen LogP contribution >= 0.6 is 11.6 Å². The summed E-state index contributed by atoms with van der Waals surface area (Å²) in [6.07, 6.45) is 4.34. The van der Waals surface area contributed by atoms with Gasteiger partial charge < -0.3 is 9.84 Å². The maximum Gasteiger partial charge on any atom is 0.199 e. The molecule has 1 aromatic heterocycles. The van der Waals surface area contributed by atoms with E-state index >= 15 is 0 Å². The Morgan fingerprint density at radius 1 is 1.33 bits per heavy atom. The molecule has 0 bridgehead atoms. The Kier molecular flexibility index (Phi) is 3.91. The van der Waals surface area contributed by atoms with Crippen molar-refractivity contribution in [3.05, 3.63) is 34.8 Å². The first-order valence-electron chi connectivity index (χ1n) is 6.47. The number of hydrogen-bond acceptors (Lipinski definition) is 5. The molecule has 112 valence electrons. The number of Topliss-reactive ketones (excluding diaryl/α,β-unsaturated/α-hetero) is 1. The molecule has 2 rings (SSSR count). The van der Waals surface area contributed by atoms with Crippen LogP contribution in [0.4, 0.5) is 5.69 Å². The predicted octanol–water partition coefficient (Wildman–Crippen LogP) is 3.41. The normalized spacial score (nSPS) is 21.1. The van der Waals surface area contributed by atoms with E-state index in [1.807, 2.05) is 0 Å². The molecule has 1 aliphatic heterocycles. The molecule has 0 amide bonds. The third-order valence-corrected chi connectivity index (χ3v) is 3.53. The molecule has 1 N–H and O–H groups in total. The Labute approximate surface area is 128 Å². The van der Waals surface area contributed by atoms with E-state index in [-0.39, 0.29) is 17.1 Å². The third kappa shape index (κ3) is 2.99. The summed E-state index contributed by atoms with van der Waals surface area (Å²) in [6.45, 7) is 6.71. The number of aromatic nitrogens is 1. The van der Waals surface area contributed by atoms with Crippen molar-refractivity contribution < 1.29 is 14.6 Å². The summed E-state index contributed by atoms with van der Waals surface area (Å²) < 4.78 is 5.63. The molecule has 0 radical (unpaired) electrons. The highest BCUT2D eigenvalue weighted by Crippen LogP contribution is 2.35. The van der Waals surface area contributed by atoms with E-state index in [1.165, 1.54) is 12.4 Å². The monoisotopic (exact) mass is 308 g/mol. The number of carbonyl (C=O) groups excluding carboxylic acids is 1. The van der Waals surface area contributed by atoms with E-state index in [2.05, 4.69) is 9.98 Å². The molecule has 0 spiro atoms. The number of aliphatic hydroxyl groups excluding tert-OH is 1. The van der Waals surface area contributed by atoms with Gasteiger partial charge in [-0.1, -0.05) is 11.6 Å². The van der Waals surface area contributed by atoms with E-state index in [4.69, 9.17) is 16.3 Å². The second-order valence-corrected chi connectivity index (χ2v) is 6.21. The van der Waals surface area contributed by atoms with E-state index in [9.17, 15) is 9.90 Å². The first-order valence-corrected chi connectivity index (χ1v) is 6.85. The highest BCUT2D eigenvalue weighted by molar-refractivity contribution is 6.33. The molecule has 0 saturated carbocycles. The molecule has 1 aromatic rings. The Hall–Kier alpha value is -1.72. The van der Waals surface area contributed by atoms with Crippen molar-refractivity contribution in [2.75, 3.05) is 0 Å². The van der Waals surface area contributed by atoms with Crippen molar-refractivity contribution in [3.63, 3.8) is 0 Å². The summed E-state index contributed by atoms with van der Waals surface area (Å²) in [4.78, 5) is 20.4. The minimum Gasteiger partial charge on any atom is -0.508 e. The molecular formula is C15H17ClN2O3. The number of aliphatic hydroxyl groups is 1. The molecule has 5 nitrogen and oxygen atoms in total. The SMILES string of the molecule is CC1(C)OC(C)(C)C(O)=C(C=Nc2cnccc2Cl)C1=O. The number of ether oxygens (including phenoxy) is 1. The zero-order valence-electron chi connectivity index (χ0n) is 12.3. The number of ketones is 1. The number of halogens is 1. The van der Waals surface area contributed by atoms with Crippen molar-refractivity contribution in [2.45, 2.75) is 38.9 Å². The smallest absolute Gasteiger partial charge is 0.199 e. The second kappa shape index (κ2) is 5.24. The van der Waals surface area contributed by atoms with Crippen LogP contribution in [0.2, 0.25) is 5.02 Å². The quantitative estimate of drug-likeness (QED) is 0.850. The van der Waals surface area contributed by atoms with Gasteiger partial charge in [0.15, 0.2) is 5.78 Å². The van der Waals surface area contributed by atoms with Gasteiger partial charge in [0.25, 0.3) is 0 Å². The maximum atomic E-state index is 12.4. The van der Waals surface area contributed by atoms with Gasteiger partial charge in [-0.25, -0.2) is 0 Å². The van der Waals surface area contributed by atoms with E-state index in [0.717, 1.165) is 0 Å². The zero-order chi connectivity index (χ0) is 15.8. The van der Waals surface area contributed by atoms with Crippen LogP contribution in [0, 0.1) is 0 Å². The molecule has 0 fully saturated rings. The Morgan fingerprint density at radius 3 is 2.62 bits per heavy atom. The fourth-order valence-electron chi connectivity index (χ4n) is 2.21. The van der Waals surface area contributed by atoms with Crippen molar-refractivity contribution in [1.82, 2.24) is 4.98 Å². The number of pyridine rings is 1. The number of hydrogen-bond donors (Lipinski definition) is 1. The molecular weight excluding hydrogens is 292 g/mol. The van der Waals surface area contributed by atoms with Crippen LogP contribution in [-0.4, -0.2) is 33.3 Å². The summed E-state index contributed by atoms with van der Waals surface area (Å²) in [5, 5.41) is 10.7. The molecule has 2 heterocycles. The van der Waals surface area contributed by atoms with E-state index in [1.54, 1.807) is 40.0 Å². The van der Waals surface area contributed by atoms with Gasteiger partial charge in [0.05, 0.1) is 22.5 Å². The molecule has 0 atom stereocenters. The number of rotatable bonds is 2. The first kappa shape index (κ1) is 15.7. The largest absolute Gasteiger partial charge is 0.508 e. The third-order valence-electron chi connectivity index (χ3n) is 3.21. The fourth-order valence-corrected chi connectivity index (χ4v) is 2.36. The van der Waals surface area contributed by atoms with E-state index < -0.39 is 11.2 Å². The highest BCUT2D eigenvalue weighted by atomic mass is 35.5. The summed E-state index contributed by atoms with van der Waals surface area (Å²) >= 11 is 5.98. The second-order valence-electron chi connectivity index (χ2n) is 5.80. The van der Waals surface area contributed by atoms with Gasteiger partial charge >= 0.3 is 0 Å². The number of nitrogens with zero attached hydrogens (tertiary/aromatic N) is 2. The Morgan fingerprint density at radius 2 is 2.00 bits per heavy atom. The lowest BCUT2D eigenvalue weighted by Crippen LogP contribution is -2.50. The molecule has 0 aliphatic carbocycles. The lowest BCUT2D eigenvalue weighted by Gasteiger charge is -2.39. The van der Waals surface area contributed by atoms with Gasteiger partial charge in [0.1, 0.15) is 17.0 Å². The minimum absolute atomic E-state index is 0.121. The van der Waals surface area contributed by atoms with Crippen LogP contribution in [0.15, 0.2) is 34.8 Å². The fraction of sp³-hybridized carbons (Fsp3) is 0.400. The molecule has 0 saturated heterocycles. The van der Waals surface area contributed by atoms with Gasteiger partial charge in [-0.15, -0.1) is 0 Å². The maximum absolute atomic E-state index is 12.4. The van der Waals surface area contributed by atoms with Gasteiger partial charge in [-0.2, -0.15) is 0 Å². The average molecular weight is 309 g/mol.